The number of aromatic hydroxyl groups is 1. The maximum Gasteiger partial charge on any atom is 0.196 e. The number of carbonyl (C=O) groups is 1. The lowest BCUT2D eigenvalue weighted by Crippen LogP contribution is -2.19. The second-order valence-electron chi connectivity index (χ2n) is 4.74. The van der Waals surface area contributed by atoms with Gasteiger partial charge >= 0.3 is 0 Å². The van der Waals surface area contributed by atoms with E-state index in [0.717, 1.165) is 5.56 Å². The van der Waals surface area contributed by atoms with E-state index in [9.17, 15) is 9.90 Å². The minimum Gasteiger partial charge on any atom is -0.508 e. The largest absolute Gasteiger partial charge is 0.508 e. The van der Waals surface area contributed by atoms with Gasteiger partial charge in [0.2, 0.25) is 0 Å². The molecule has 4 heteroatoms. The van der Waals surface area contributed by atoms with E-state index >= 15 is 0 Å². The zero-order valence-corrected chi connectivity index (χ0v) is 11.5. The van der Waals surface area contributed by atoms with E-state index in [1.807, 2.05) is 6.07 Å². The summed E-state index contributed by atoms with van der Waals surface area (Å²) in [4.78, 5) is 12.5. The number of hydrogen-bond donors (Lipinski definition) is 1. The molecule has 1 aliphatic rings. The van der Waals surface area contributed by atoms with Gasteiger partial charge in [0.25, 0.3) is 0 Å². The molecule has 1 N–H and O–H groups in total. The Balaban J connectivity index is 1.98. The number of methoxy groups -OCH3 is 1. The fraction of sp³-hybridized carbons (Fsp3) is 0.118. The first-order valence-electron chi connectivity index (χ1n) is 6.52. The monoisotopic (exact) mass is 282 g/mol. The van der Waals surface area contributed by atoms with Crippen LogP contribution < -0.4 is 9.47 Å². The topological polar surface area (TPSA) is 55.8 Å². The number of phenols is 1. The highest BCUT2D eigenvalue weighted by Crippen LogP contribution is 2.31. The van der Waals surface area contributed by atoms with Gasteiger partial charge in [0.15, 0.2) is 5.78 Å². The van der Waals surface area contributed by atoms with Crippen molar-refractivity contribution in [1.29, 1.82) is 0 Å². The normalized spacial score (nSPS) is 15.5. The van der Waals surface area contributed by atoms with Crippen LogP contribution in [0.5, 0.6) is 17.2 Å². The Hall–Kier alpha value is -2.75. The van der Waals surface area contributed by atoms with E-state index in [-0.39, 0.29) is 18.1 Å². The molecule has 21 heavy (non-hydrogen) atoms. The lowest BCUT2D eigenvalue weighted by Gasteiger charge is -2.19. The van der Waals surface area contributed by atoms with Gasteiger partial charge in [0.05, 0.1) is 12.7 Å². The lowest BCUT2D eigenvalue weighted by atomic mass is 9.98. The first-order valence-corrected chi connectivity index (χ1v) is 6.52. The van der Waals surface area contributed by atoms with E-state index in [4.69, 9.17) is 9.47 Å². The summed E-state index contributed by atoms with van der Waals surface area (Å²) in [6.07, 6.45) is 1.73. The van der Waals surface area contributed by atoms with E-state index < -0.39 is 0 Å². The first-order chi connectivity index (χ1) is 10.2. The second-order valence-corrected chi connectivity index (χ2v) is 4.74. The number of ketones is 1. The van der Waals surface area contributed by atoms with Crippen LogP contribution >= 0.6 is 0 Å². The number of benzene rings is 2. The Labute approximate surface area is 122 Å². The van der Waals surface area contributed by atoms with E-state index in [1.165, 1.54) is 0 Å². The van der Waals surface area contributed by atoms with Crippen molar-refractivity contribution in [2.45, 2.75) is 0 Å². The average Bonchev–Trinajstić information content (AvgIpc) is 2.50. The van der Waals surface area contributed by atoms with Crippen molar-refractivity contribution in [3.63, 3.8) is 0 Å². The van der Waals surface area contributed by atoms with Crippen molar-refractivity contribution in [2.24, 2.45) is 0 Å². The molecule has 1 heterocycles. The minimum absolute atomic E-state index is 0.0847. The van der Waals surface area contributed by atoms with Gasteiger partial charge in [0, 0.05) is 5.57 Å². The Morgan fingerprint density at radius 1 is 1.24 bits per heavy atom. The van der Waals surface area contributed by atoms with Crippen LogP contribution in [0.2, 0.25) is 0 Å². The summed E-state index contributed by atoms with van der Waals surface area (Å²) in [5.74, 6) is 1.26. The molecule has 0 aromatic heterocycles. The summed E-state index contributed by atoms with van der Waals surface area (Å²) in [5, 5.41) is 9.47. The van der Waals surface area contributed by atoms with Crippen molar-refractivity contribution in [1.82, 2.24) is 0 Å². The van der Waals surface area contributed by atoms with Crippen LogP contribution in [0.25, 0.3) is 6.08 Å². The smallest absolute Gasteiger partial charge is 0.196 e. The summed E-state index contributed by atoms with van der Waals surface area (Å²) in [6, 6.07) is 11.9. The number of ether oxygens (including phenoxy) is 2. The molecular weight excluding hydrogens is 268 g/mol. The highest BCUT2D eigenvalue weighted by molar-refractivity contribution is 6.14. The predicted octanol–water partition coefficient (Wildman–Crippen LogP) is 3.06. The summed E-state index contributed by atoms with van der Waals surface area (Å²) >= 11 is 0. The Bertz CT molecular complexity index is 731. The Morgan fingerprint density at radius 3 is 2.86 bits per heavy atom. The predicted molar refractivity (Wildman–Crippen MR) is 78.9 cm³/mol. The lowest BCUT2D eigenvalue weighted by molar-refractivity contribution is 0.100. The standard InChI is InChI=1S/C17H14O4/c1-20-14-5-6-16-15(9-14)17(19)12(10-21-16)7-11-3-2-4-13(18)8-11/h2-9,18H,10H2,1H3/b12-7+. The van der Waals surface area contributed by atoms with Crippen molar-refractivity contribution < 1.29 is 19.4 Å². The van der Waals surface area contributed by atoms with Crippen molar-refractivity contribution in [3.8, 4) is 17.2 Å². The summed E-state index contributed by atoms with van der Waals surface area (Å²) in [5.41, 5.74) is 1.79. The van der Waals surface area contributed by atoms with Crippen LogP contribution in [-0.4, -0.2) is 24.6 Å². The van der Waals surface area contributed by atoms with Gasteiger partial charge in [-0.3, -0.25) is 4.79 Å². The highest BCUT2D eigenvalue weighted by atomic mass is 16.5. The summed E-state index contributed by atoms with van der Waals surface area (Å²) in [6.45, 7) is 0.216. The molecule has 2 aromatic carbocycles. The molecule has 0 spiro atoms. The molecule has 0 aliphatic carbocycles. The van der Waals surface area contributed by atoms with E-state index in [0.29, 0.717) is 22.6 Å². The molecule has 0 saturated carbocycles. The summed E-state index contributed by atoms with van der Waals surface area (Å²) in [7, 11) is 1.55. The van der Waals surface area contributed by atoms with Gasteiger partial charge in [-0.2, -0.15) is 0 Å². The van der Waals surface area contributed by atoms with Crippen LogP contribution in [0, 0.1) is 0 Å². The molecule has 1 aliphatic heterocycles. The molecule has 0 fully saturated rings. The van der Waals surface area contributed by atoms with Crippen LogP contribution in [0.4, 0.5) is 0 Å². The molecule has 0 amide bonds. The third-order valence-electron chi connectivity index (χ3n) is 3.32. The number of Topliss-reactive ketones (excluding diaryl/α,β-unsaturated/α-hetero) is 1. The van der Waals surface area contributed by atoms with Crippen LogP contribution in [0.3, 0.4) is 0 Å². The third kappa shape index (κ3) is 2.60. The third-order valence-corrected chi connectivity index (χ3v) is 3.32. The van der Waals surface area contributed by atoms with Gasteiger partial charge in [-0.25, -0.2) is 0 Å². The van der Waals surface area contributed by atoms with Gasteiger partial charge < -0.3 is 14.6 Å². The maximum absolute atomic E-state index is 12.5. The van der Waals surface area contributed by atoms with Gasteiger partial charge in [-0.15, -0.1) is 0 Å². The molecule has 106 valence electrons. The average molecular weight is 282 g/mol. The van der Waals surface area contributed by atoms with Crippen molar-refractivity contribution >= 4 is 11.9 Å². The van der Waals surface area contributed by atoms with Gasteiger partial charge in [-0.05, 0) is 42.0 Å². The molecule has 3 rings (SSSR count). The van der Waals surface area contributed by atoms with E-state index in [2.05, 4.69) is 0 Å². The Morgan fingerprint density at radius 2 is 2.10 bits per heavy atom. The van der Waals surface area contributed by atoms with E-state index in [1.54, 1.807) is 49.6 Å². The molecule has 0 atom stereocenters. The number of hydrogen-bond acceptors (Lipinski definition) is 4. The fourth-order valence-corrected chi connectivity index (χ4v) is 2.26. The molecule has 4 nitrogen and oxygen atoms in total. The number of rotatable bonds is 2. The molecule has 0 radical (unpaired) electrons. The molecule has 0 saturated heterocycles. The highest BCUT2D eigenvalue weighted by Gasteiger charge is 2.23. The maximum atomic E-state index is 12.5. The van der Waals surface area contributed by atoms with Crippen molar-refractivity contribution in [2.75, 3.05) is 13.7 Å². The van der Waals surface area contributed by atoms with Crippen LogP contribution in [-0.2, 0) is 0 Å². The summed E-state index contributed by atoms with van der Waals surface area (Å²) < 4.78 is 10.7. The fourth-order valence-electron chi connectivity index (χ4n) is 2.26. The van der Waals surface area contributed by atoms with Crippen LogP contribution in [0.15, 0.2) is 48.0 Å². The molecule has 0 unspecified atom stereocenters. The van der Waals surface area contributed by atoms with Gasteiger partial charge in [0.1, 0.15) is 23.9 Å². The number of fused-ring (bicyclic) bond motifs is 1. The zero-order chi connectivity index (χ0) is 14.8. The van der Waals surface area contributed by atoms with Crippen molar-refractivity contribution in [3.05, 3.63) is 59.2 Å². The van der Waals surface area contributed by atoms with Gasteiger partial charge in [-0.1, -0.05) is 12.1 Å². The minimum atomic E-state index is -0.0847. The molecule has 0 bridgehead atoms. The number of carbonyl (C=O) groups excluding carboxylic acids is 1. The molecule has 2 aromatic rings. The molecular formula is C17H14O4. The number of phenolic OH excluding ortho intramolecular Hbond substituents is 1. The second kappa shape index (κ2) is 5.32. The SMILES string of the molecule is COc1ccc2c(c1)C(=O)/C(=C/c1cccc(O)c1)CO2. The Kier molecular flexibility index (Phi) is 3.36. The quantitative estimate of drug-likeness (QED) is 0.860. The first kappa shape index (κ1) is 13.2. The zero-order valence-electron chi connectivity index (χ0n) is 11.5. The van der Waals surface area contributed by atoms with Crippen LogP contribution in [0.1, 0.15) is 15.9 Å².